The zero-order valence-corrected chi connectivity index (χ0v) is 29.9. The van der Waals surface area contributed by atoms with Gasteiger partial charge in [0.15, 0.2) is 5.82 Å². The van der Waals surface area contributed by atoms with Crippen LogP contribution in [0.5, 0.6) is 0 Å². The molecule has 0 atom stereocenters. The quantitative estimate of drug-likeness (QED) is 0.166. The van der Waals surface area contributed by atoms with E-state index in [1.165, 1.54) is 21.9 Å². The summed E-state index contributed by atoms with van der Waals surface area (Å²) in [4.78, 5) is 9.98. The molecule has 0 fully saturated rings. The Bertz CT molecular complexity index is 2860. The predicted molar refractivity (Wildman–Crippen MR) is 227 cm³/mol. The van der Waals surface area contributed by atoms with Crippen LogP contribution in [-0.2, 0) is 0 Å². The zero-order valence-electron chi connectivity index (χ0n) is 29.9. The number of hydrogen-bond acceptors (Lipinski definition) is 3. The molecule has 0 aliphatic carbocycles. The number of benzene rings is 8. The van der Waals surface area contributed by atoms with Crippen molar-refractivity contribution in [3.8, 4) is 73.1 Å². The molecule has 0 N–H and O–H groups in total. The molecule has 0 saturated carbocycles. The van der Waals surface area contributed by atoms with Gasteiger partial charge in [0.1, 0.15) is 5.69 Å². The first-order valence-corrected chi connectivity index (χ1v) is 18.5. The summed E-state index contributed by atoms with van der Waals surface area (Å²) in [5.41, 5.74) is 13.6. The van der Waals surface area contributed by atoms with E-state index in [-0.39, 0.29) is 0 Å². The molecule has 10 rings (SSSR count). The molecule has 0 unspecified atom stereocenters. The molecule has 0 radical (unpaired) electrons. The van der Waals surface area contributed by atoms with E-state index in [1.807, 2.05) is 36.4 Å². The first kappa shape index (κ1) is 32.2. The van der Waals surface area contributed by atoms with Crippen molar-refractivity contribution >= 4 is 21.7 Å². The van der Waals surface area contributed by atoms with Crippen molar-refractivity contribution in [3.05, 3.63) is 206 Å². The fourth-order valence-corrected chi connectivity index (χ4v) is 7.52. The molecule has 0 amide bonds. The van der Waals surface area contributed by atoms with Crippen LogP contribution in [0.15, 0.2) is 206 Å². The van der Waals surface area contributed by atoms with Gasteiger partial charge in [-0.25, -0.2) is 14.6 Å². The van der Waals surface area contributed by atoms with E-state index in [0.29, 0.717) is 5.82 Å². The fourth-order valence-electron chi connectivity index (χ4n) is 7.52. The largest absolute Gasteiger partial charge is 0.232 e. The van der Waals surface area contributed by atoms with Crippen molar-refractivity contribution in [2.24, 2.45) is 0 Å². The van der Waals surface area contributed by atoms with E-state index in [1.54, 1.807) is 0 Å². The lowest BCUT2D eigenvalue weighted by Gasteiger charge is -2.12. The van der Waals surface area contributed by atoms with Gasteiger partial charge < -0.3 is 0 Å². The maximum atomic E-state index is 5.38. The molecule has 2 aromatic heterocycles. The van der Waals surface area contributed by atoms with Crippen molar-refractivity contribution in [2.45, 2.75) is 0 Å². The number of rotatable bonds is 7. The topological polar surface area (TPSA) is 43.6 Å². The molecule has 8 aromatic carbocycles. The van der Waals surface area contributed by atoms with Gasteiger partial charge in [0, 0.05) is 33.0 Å². The summed E-state index contributed by atoms with van der Waals surface area (Å²) in [6.45, 7) is 0. The normalized spacial score (nSPS) is 11.3. The highest BCUT2D eigenvalue weighted by Gasteiger charge is 2.21. The highest BCUT2D eigenvalue weighted by molar-refractivity contribution is 6.17. The Kier molecular flexibility index (Phi) is 8.12. The van der Waals surface area contributed by atoms with Crippen molar-refractivity contribution in [3.63, 3.8) is 0 Å². The predicted octanol–water partition coefficient (Wildman–Crippen LogP) is 13.0. The SMILES string of the molecule is c1ccc(-c2cc(-c3ccc(-c4ccc(-n5nc(-c6ccccc6)c6c(-c7ccccc7)cc7ccccc7c65)cc4)cc3)nc(-c3ccccc3)n2)cc1. The zero-order chi connectivity index (χ0) is 36.6. The van der Waals surface area contributed by atoms with Crippen LogP contribution in [0.3, 0.4) is 0 Å². The Morgan fingerprint density at radius 3 is 1.45 bits per heavy atom. The highest BCUT2D eigenvalue weighted by Crippen LogP contribution is 2.42. The molecular weight excluding hydrogens is 669 g/mol. The third kappa shape index (κ3) is 6.06. The monoisotopic (exact) mass is 702 g/mol. The lowest BCUT2D eigenvalue weighted by Crippen LogP contribution is -1.97. The van der Waals surface area contributed by atoms with Crippen molar-refractivity contribution in [1.29, 1.82) is 0 Å². The molecule has 4 heteroatoms. The van der Waals surface area contributed by atoms with Crippen LogP contribution in [-0.4, -0.2) is 19.7 Å². The molecule has 0 saturated heterocycles. The number of nitrogens with zero attached hydrogens (tertiary/aromatic N) is 4. The molecule has 4 nitrogen and oxygen atoms in total. The second-order valence-corrected chi connectivity index (χ2v) is 13.7. The van der Waals surface area contributed by atoms with Crippen LogP contribution in [0.25, 0.3) is 94.8 Å². The fraction of sp³-hybridized carbons (Fsp3) is 0. The second kappa shape index (κ2) is 13.8. The second-order valence-electron chi connectivity index (χ2n) is 13.7. The maximum Gasteiger partial charge on any atom is 0.160 e. The maximum absolute atomic E-state index is 5.38. The molecule has 0 aliphatic heterocycles. The van der Waals surface area contributed by atoms with Crippen LogP contribution in [0.1, 0.15) is 0 Å². The Morgan fingerprint density at radius 1 is 0.364 bits per heavy atom. The Balaban J connectivity index is 1.05. The van der Waals surface area contributed by atoms with E-state index in [0.717, 1.165) is 67.1 Å². The standard InChI is InChI=1S/C51H34N4/c1-5-15-37(16-6-1)45-33-42-23-13-14-24-44(42)50-48(45)49(40-19-9-3-10-20-40)54-55(50)43-31-29-36(30-32-43)35-25-27-39(28-26-35)47-34-46(38-17-7-2-8-18-38)52-51(53-47)41-21-11-4-12-22-41/h1-34H. The summed E-state index contributed by atoms with van der Waals surface area (Å²) >= 11 is 0. The molecule has 2 heterocycles. The van der Waals surface area contributed by atoms with E-state index in [4.69, 9.17) is 15.1 Å². The molecule has 0 bridgehead atoms. The van der Waals surface area contributed by atoms with Gasteiger partial charge in [0.25, 0.3) is 0 Å². The van der Waals surface area contributed by atoms with Crippen LogP contribution in [0, 0.1) is 0 Å². The third-order valence-electron chi connectivity index (χ3n) is 10.3. The average molecular weight is 703 g/mol. The van der Waals surface area contributed by atoms with Gasteiger partial charge >= 0.3 is 0 Å². The molecule has 10 aromatic rings. The number of hydrogen-bond donors (Lipinski definition) is 0. The van der Waals surface area contributed by atoms with Crippen LogP contribution >= 0.6 is 0 Å². The Labute approximate surface area is 319 Å². The van der Waals surface area contributed by atoms with E-state index in [2.05, 4.69) is 175 Å². The van der Waals surface area contributed by atoms with Gasteiger partial charge in [-0.15, -0.1) is 0 Å². The Morgan fingerprint density at radius 2 is 0.836 bits per heavy atom. The summed E-state index contributed by atoms with van der Waals surface area (Å²) in [6.07, 6.45) is 0. The first-order chi connectivity index (χ1) is 27.3. The van der Waals surface area contributed by atoms with Crippen LogP contribution in [0.4, 0.5) is 0 Å². The van der Waals surface area contributed by atoms with Crippen LogP contribution < -0.4 is 0 Å². The van der Waals surface area contributed by atoms with Gasteiger partial charge in [0.2, 0.25) is 0 Å². The summed E-state index contributed by atoms with van der Waals surface area (Å²) in [5, 5.41) is 8.87. The average Bonchev–Trinajstić information content (AvgIpc) is 3.68. The van der Waals surface area contributed by atoms with Gasteiger partial charge in [-0.2, -0.15) is 5.10 Å². The van der Waals surface area contributed by atoms with Gasteiger partial charge in [-0.05, 0) is 51.9 Å². The van der Waals surface area contributed by atoms with Gasteiger partial charge in [0.05, 0.1) is 22.6 Å². The Hall–Kier alpha value is -7.43. The van der Waals surface area contributed by atoms with Crippen molar-refractivity contribution < 1.29 is 0 Å². The molecular formula is C51H34N4. The van der Waals surface area contributed by atoms with Crippen molar-refractivity contribution in [2.75, 3.05) is 0 Å². The molecule has 55 heavy (non-hydrogen) atoms. The van der Waals surface area contributed by atoms with Crippen LogP contribution in [0.2, 0.25) is 0 Å². The molecule has 0 aliphatic rings. The summed E-state index contributed by atoms with van der Waals surface area (Å²) in [7, 11) is 0. The summed E-state index contributed by atoms with van der Waals surface area (Å²) in [5.74, 6) is 0.710. The summed E-state index contributed by atoms with van der Waals surface area (Å²) < 4.78 is 2.13. The highest BCUT2D eigenvalue weighted by atomic mass is 15.3. The molecule has 0 spiro atoms. The van der Waals surface area contributed by atoms with E-state index in [9.17, 15) is 0 Å². The van der Waals surface area contributed by atoms with E-state index < -0.39 is 0 Å². The summed E-state index contributed by atoms with van der Waals surface area (Å²) in [6, 6.07) is 72.0. The smallest absolute Gasteiger partial charge is 0.160 e. The third-order valence-corrected chi connectivity index (χ3v) is 10.3. The van der Waals surface area contributed by atoms with Crippen molar-refractivity contribution in [1.82, 2.24) is 19.7 Å². The lowest BCUT2D eigenvalue weighted by molar-refractivity contribution is 0.918. The first-order valence-electron chi connectivity index (χ1n) is 18.5. The number of aromatic nitrogens is 4. The minimum Gasteiger partial charge on any atom is -0.232 e. The molecule has 258 valence electrons. The van der Waals surface area contributed by atoms with Gasteiger partial charge in [-0.1, -0.05) is 182 Å². The van der Waals surface area contributed by atoms with E-state index >= 15 is 0 Å². The number of fused-ring (bicyclic) bond motifs is 3. The van der Waals surface area contributed by atoms with Gasteiger partial charge in [-0.3, -0.25) is 0 Å². The minimum atomic E-state index is 0.710. The lowest BCUT2D eigenvalue weighted by atomic mass is 9.94. The minimum absolute atomic E-state index is 0.710.